The lowest BCUT2D eigenvalue weighted by atomic mass is 10.1. The fourth-order valence-corrected chi connectivity index (χ4v) is 1.85. The molecule has 0 aromatic heterocycles. The summed E-state index contributed by atoms with van der Waals surface area (Å²) < 4.78 is 10.1. The fourth-order valence-electron chi connectivity index (χ4n) is 1.69. The summed E-state index contributed by atoms with van der Waals surface area (Å²) in [6.45, 7) is 2.57. The molecule has 0 spiro atoms. The van der Waals surface area contributed by atoms with E-state index in [-0.39, 0.29) is 13.2 Å². The lowest BCUT2D eigenvalue weighted by molar-refractivity contribution is -0.141. The quantitative estimate of drug-likeness (QED) is 0.415. The lowest BCUT2D eigenvalue weighted by Crippen LogP contribution is -2.15. The van der Waals surface area contributed by atoms with Gasteiger partial charge in [0.25, 0.3) is 0 Å². The second-order valence-corrected chi connectivity index (χ2v) is 5.04. The van der Waals surface area contributed by atoms with Crippen LogP contribution in [0.5, 0.6) is 0 Å². The number of ether oxygens (including phenoxy) is 2. The van der Waals surface area contributed by atoms with Crippen molar-refractivity contribution in [3.63, 3.8) is 0 Å². The van der Waals surface area contributed by atoms with E-state index in [4.69, 9.17) is 26.8 Å². The molecular formula is C14H26O4S. The average Bonchev–Trinajstić information content (AvgIpc) is 2.36. The molecule has 0 aromatic carbocycles. The van der Waals surface area contributed by atoms with Crippen molar-refractivity contribution in [3.05, 3.63) is 0 Å². The van der Waals surface area contributed by atoms with Gasteiger partial charge in [-0.05, 0) is 18.6 Å². The highest BCUT2D eigenvalue weighted by Crippen LogP contribution is 2.08. The first-order chi connectivity index (χ1) is 9.16. The normalized spacial score (nSPS) is 10.4. The Labute approximate surface area is 121 Å². The summed E-state index contributed by atoms with van der Waals surface area (Å²) >= 11 is 4.91. The van der Waals surface area contributed by atoms with Gasteiger partial charge >= 0.3 is 5.97 Å². The first kappa shape index (κ1) is 18.3. The minimum Gasteiger partial charge on any atom is -0.485 e. The van der Waals surface area contributed by atoms with Crippen molar-refractivity contribution in [1.82, 2.24) is 0 Å². The molecule has 0 radical (unpaired) electrons. The molecule has 0 fully saturated rings. The molecule has 4 nitrogen and oxygen atoms in total. The van der Waals surface area contributed by atoms with Crippen LogP contribution in [0.15, 0.2) is 0 Å². The van der Waals surface area contributed by atoms with Gasteiger partial charge in [-0.25, -0.2) is 4.79 Å². The fraction of sp³-hybridized carbons (Fsp3) is 0.857. The van der Waals surface area contributed by atoms with E-state index >= 15 is 0 Å². The first-order valence-electron chi connectivity index (χ1n) is 7.12. The van der Waals surface area contributed by atoms with E-state index in [2.05, 4.69) is 6.92 Å². The Bertz CT molecular complexity index is 244. The maximum absolute atomic E-state index is 10.2. The first-order valence-corrected chi connectivity index (χ1v) is 7.52. The summed E-state index contributed by atoms with van der Waals surface area (Å²) in [5.74, 6) is -0.995. The third kappa shape index (κ3) is 15.3. The molecule has 0 saturated carbocycles. The second kappa shape index (κ2) is 13.7. The number of hydrogen-bond donors (Lipinski definition) is 1. The number of hydrogen-bond acceptors (Lipinski definition) is 4. The zero-order chi connectivity index (χ0) is 14.3. The maximum atomic E-state index is 10.2. The SMILES string of the molecule is CCCCCCCCCCOC(=S)COCC(=O)O. The molecule has 0 unspecified atom stereocenters. The number of carboxylic acids is 1. The summed E-state index contributed by atoms with van der Waals surface area (Å²) in [5, 5.41) is 8.71. The number of unbranched alkanes of at least 4 members (excludes halogenated alkanes) is 7. The average molecular weight is 290 g/mol. The molecule has 0 bridgehead atoms. The molecule has 0 atom stereocenters. The Balaban J connectivity index is 3.16. The summed E-state index contributed by atoms with van der Waals surface area (Å²) in [6.07, 6.45) is 10.00. The van der Waals surface area contributed by atoms with Crippen LogP contribution in [0, 0.1) is 0 Å². The van der Waals surface area contributed by atoms with Crippen molar-refractivity contribution in [2.45, 2.75) is 58.3 Å². The van der Waals surface area contributed by atoms with Gasteiger partial charge in [0.1, 0.15) is 13.2 Å². The predicted molar refractivity (Wildman–Crippen MR) is 79.6 cm³/mol. The van der Waals surface area contributed by atoms with Gasteiger partial charge in [-0.1, -0.05) is 51.9 Å². The number of thiocarbonyl (C=S) groups is 1. The highest BCUT2D eigenvalue weighted by molar-refractivity contribution is 7.80. The number of aliphatic carboxylic acids is 1. The number of carbonyl (C=O) groups is 1. The van der Waals surface area contributed by atoms with Crippen LogP contribution in [-0.2, 0) is 14.3 Å². The smallest absolute Gasteiger partial charge is 0.329 e. The van der Waals surface area contributed by atoms with Gasteiger partial charge in [-0.15, -0.1) is 0 Å². The molecule has 0 amide bonds. The second-order valence-electron chi connectivity index (χ2n) is 4.58. The van der Waals surface area contributed by atoms with Gasteiger partial charge in [-0.3, -0.25) is 0 Å². The van der Waals surface area contributed by atoms with Crippen LogP contribution < -0.4 is 0 Å². The van der Waals surface area contributed by atoms with Gasteiger partial charge in [0.05, 0.1) is 6.61 Å². The Morgan fingerprint density at radius 2 is 1.58 bits per heavy atom. The summed E-state index contributed by atoms with van der Waals surface area (Å²) in [6, 6.07) is 0. The van der Waals surface area contributed by atoms with E-state index in [0.717, 1.165) is 12.8 Å². The van der Waals surface area contributed by atoms with E-state index in [9.17, 15) is 4.79 Å². The molecule has 0 aliphatic heterocycles. The van der Waals surface area contributed by atoms with E-state index in [1.165, 1.54) is 38.5 Å². The number of carboxylic acid groups (broad SMARTS) is 1. The minimum atomic E-state index is -0.995. The van der Waals surface area contributed by atoms with Crippen LogP contribution in [0.25, 0.3) is 0 Å². The Morgan fingerprint density at radius 3 is 2.16 bits per heavy atom. The molecule has 1 N–H and O–H groups in total. The van der Waals surface area contributed by atoms with Crippen molar-refractivity contribution in [2.24, 2.45) is 0 Å². The Morgan fingerprint density at radius 1 is 1.00 bits per heavy atom. The van der Waals surface area contributed by atoms with Crippen LogP contribution in [0.1, 0.15) is 58.3 Å². The molecule has 5 heteroatoms. The van der Waals surface area contributed by atoms with Gasteiger partial charge in [-0.2, -0.15) is 0 Å². The minimum absolute atomic E-state index is 0.0820. The van der Waals surface area contributed by atoms with Gasteiger partial charge in [0.2, 0.25) is 0 Å². The van der Waals surface area contributed by atoms with Crippen molar-refractivity contribution in [1.29, 1.82) is 0 Å². The standard InChI is InChI=1S/C14H26O4S/c1-2-3-4-5-6-7-8-9-10-18-14(19)12-17-11-13(15)16/h2-12H2,1H3,(H,15,16). The highest BCUT2D eigenvalue weighted by atomic mass is 32.1. The zero-order valence-electron chi connectivity index (χ0n) is 11.9. The largest absolute Gasteiger partial charge is 0.485 e. The molecule has 0 saturated heterocycles. The summed E-state index contributed by atoms with van der Waals surface area (Å²) in [5.41, 5.74) is 0. The van der Waals surface area contributed by atoms with Crippen LogP contribution >= 0.6 is 12.2 Å². The molecule has 112 valence electrons. The van der Waals surface area contributed by atoms with Crippen LogP contribution in [0.3, 0.4) is 0 Å². The van der Waals surface area contributed by atoms with Gasteiger partial charge in [0, 0.05) is 0 Å². The van der Waals surface area contributed by atoms with Crippen LogP contribution in [0.2, 0.25) is 0 Å². The van der Waals surface area contributed by atoms with E-state index in [1.807, 2.05) is 0 Å². The molecule has 0 rings (SSSR count). The molecular weight excluding hydrogens is 264 g/mol. The van der Waals surface area contributed by atoms with E-state index < -0.39 is 5.97 Å². The van der Waals surface area contributed by atoms with Crippen LogP contribution in [0.4, 0.5) is 0 Å². The van der Waals surface area contributed by atoms with Gasteiger partial charge < -0.3 is 14.6 Å². The Kier molecular flexibility index (Phi) is 13.3. The van der Waals surface area contributed by atoms with Crippen molar-refractivity contribution in [3.8, 4) is 0 Å². The van der Waals surface area contributed by atoms with Crippen molar-refractivity contribution < 1.29 is 19.4 Å². The highest BCUT2D eigenvalue weighted by Gasteiger charge is 2.01. The summed E-state index contributed by atoms with van der Waals surface area (Å²) in [4.78, 5) is 10.2. The molecule has 0 aliphatic rings. The third-order valence-electron chi connectivity index (χ3n) is 2.71. The molecule has 0 heterocycles. The van der Waals surface area contributed by atoms with E-state index in [1.54, 1.807) is 0 Å². The lowest BCUT2D eigenvalue weighted by Gasteiger charge is -2.07. The monoisotopic (exact) mass is 290 g/mol. The third-order valence-corrected chi connectivity index (χ3v) is 2.94. The maximum Gasteiger partial charge on any atom is 0.329 e. The summed E-state index contributed by atoms with van der Waals surface area (Å²) in [7, 11) is 0. The predicted octanol–water partition coefficient (Wildman–Crippen LogP) is 3.57. The molecule has 0 aliphatic carbocycles. The topological polar surface area (TPSA) is 55.8 Å². The van der Waals surface area contributed by atoms with Gasteiger partial charge in [0.15, 0.2) is 5.05 Å². The zero-order valence-corrected chi connectivity index (χ0v) is 12.7. The van der Waals surface area contributed by atoms with Crippen LogP contribution in [-0.4, -0.2) is 35.9 Å². The number of rotatable bonds is 13. The van der Waals surface area contributed by atoms with Crippen molar-refractivity contribution >= 4 is 23.2 Å². The van der Waals surface area contributed by atoms with E-state index in [0.29, 0.717) is 11.7 Å². The Hall–Kier alpha value is -0.680. The van der Waals surface area contributed by atoms with Crippen molar-refractivity contribution in [2.75, 3.05) is 19.8 Å². The molecule has 0 aromatic rings. The molecule has 19 heavy (non-hydrogen) atoms.